The van der Waals surface area contributed by atoms with Crippen LogP contribution in [0.25, 0.3) is 0 Å². The van der Waals surface area contributed by atoms with E-state index in [1.54, 1.807) is 31.0 Å². The molecule has 0 amide bonds. The average Bonchev–Trinajstić information content (AvgIpc) is 2.95. The summed E-state index contributed by atoms with van der Waals surface area (Å²) < 4.78 is 26.6. The number of halogens is 2. The fraction of sp³-hybridized carbons (Fsp3) is 0.421. The van der Waals surface area contributed by atoms with Gasteiger partial charge in [0, 0.05) is 24.7 Å². The molecule has 0 saturated heterocycles. The number of likely N-dealkylation sites (N-methyl/N-ethyl adjacent to an activating group) is 1. The Labute approximate surface area is 156 Å². The van der Waals surface area contributed by atoms with Gasteiger partial charge in [-0.05, 0) is 37.8 Å². The molecule has 1 aromatic rings. The molecule has 0 heterocycles. The molecular weight excluding hydrogens is 356 g/mol. The Morgan fingerprint density at radius 1 is 1.33 bits per heavy atom. The van der Waals surface area contributed by atoms with Crippen molar-refractivity contribution in [2.45, 2.75) is 37.7 Å². The van der Waals surface area contributed by atoms with Gasteiger partial charge in [-0.3, -0.25) is 0 Å². The highest BCUT2D eigenvalue weighted by Gasteiger charge is 2.47. The van der Waals surface area contributed by atoms with Gasteiger partial charge in [0.25, 0.3) is 0 Å². The molecular formula is C19H25F2N3O3. The van der Waals surface area contributed by atoms with Crippen molar-refractivity contribution in [2.75, 3.05) is 7.05 Å². The lowest BCUT2D eigenvalue weighted by Crippen LogP contribution is -2.40. The van der Waals surface area contributed by atoms with Crippen LogP contribution in [0.1, 0.15) is 25.0 Å². The Bertz CT molecular complexity index is 754. The first-order chi connectivity index (χ1) is 12.7. The molecule has 0 aromatic heterocycles. The van der Waals surface area contributed by atoms with Crippen LogP contribution in [0.4, 0.5) is 8.78 Å². The zero-order chi connectivity index (χ0) is 20.3. The molecule has 8 heteroatoms. The predicted molar refractivity (Wildman–Crippen MR) is 98.6 cm³/mol. The second-order valence-corrected chi connectivity index (χ2v) is 6.63. The minimum absolute atomic E-state index is 0.129. The van der Waals surface area contributed by atoms with E-state index < -0.39 is 41.9 Å². The third-order valence-electron chi connectivity index (χ3n) is 5.04. The fourth-order valence-electron chi connectivity index (χ4n) is 3.35. The van der Waals surface area contributed by atoms with Crippen LogP contribution < -0.4 is 5.73 Å². The van der Waals surface area contributed by atoms with Gasteiger partial charge in [0.1, 0.15) is 11.9 Å². The molecule has 148 valence electrons. The lowest BCUT2D eigenvalue weighted by molar-refractivity contribution is -0.0300. The molecule has 0 spiro atoms. The smallest absolute Gasteiger partial charge is 0.159 e. The number of allylic oxidation sites excluding steroid dienone is 2. The van der Waals surface area contributed by atoms with E-state index in [1.165, 1.54) is 6.07 Å². The first-order valence-electron chi connectivity index (χ1n) is 8.53. The van der Waals surface area contributed by atoms with Gasteiger partial charge >= 0.3 is 0 Å². The average molecular weight is 381 g/mol. The Morgan fingerprint density at radius 3 is 2.56 bits per heavy atom. The molecule has 1 aliphatic carbocycles. The third kappa shape index (κ3) is 4.35. The lowest BCUT2D eigenvalue weighted by atomic mass is 9.92. The monoisotopic (exact) mass is 381 g/mol. The molecule has 1 saturated carbocycles. The maximum absolute atomic E-state index is 13.5. The largest absolute Gasteiger partial charge is 0.399 e. The van der Waals surface area contributed by atoms with E-state index in [1.807, 2.05) is 0 Å². The molecule has 0 radical (unpaired) electrons. The highest BCUT2D eigenvalue weighted by atomic mass is 19.2. The number of nitrogens with zero attached hydrogens (tertiary/aromatic N) is 2. The fourth-order valence-corrected chi connectivity index (χ4v) is 3.35. The third-order valence-corrected chi connectivity index (χ3v) is 5.04. The highest BCUT2D eigenvalue weighted by molar-refractivity contribution is 5.32. The number of aliphatic imine (C=N–C) groups is 1. The van der Waals surface area contributed by atoms with E-state index in [-0.39, 0.29) is 12.0 Å². The van der Waals surface area contributed by atoms with Crippen LogP contribution in [-0.4, -0.2) is 52.2 Å². The number of nitrogens with two attached hydrogens (primary N) is 1. The Hall–Kier alpha value is -2.29. The zero-order valence-corrected chi connectivity index (χ0v) is 15.3. The van der Waals surface area contributed by atoms with Gasteiger partial charge in [-0.2, -0.15) is 0 Å². The van der Waals surface area contributed by atoms with Crippen molar-refractivity contribution in [1.29, 1.82) is 0 Å². The molecule has 0 bridgehead atoms. The Kier molecular flexibility index (Phi) is 6.69. The van der Waals surface area contributed by atoms with Crippen molar-refractivity contribution >= 4 is 6.72 Å². The molecule has 1 aliphatic rings. The minimum atomic E-state index is -1.27. The SMILES string of the molecule is C=N/C(=C\C(N)=C/C)N(C)[C@@H]1C[C@H]([C@H](O)c2ccc(F)c(F)c2)[C@@H](O)[C@H]1O. The number of hydrogen-bond acceptors (Lipinski definition) is 6. The molecule has 5 atom stereocenters. The lowest BCUT2D eigenvalue weighted by Gasteiger charge is -2.29. The van der Waals surface area contributed by atoms with Gasteiger partial charge < -0.3 is 26.0 Å². The molecule has 2 rings (SSSR count). The van der Waals surface area contributed by atoms with Crippen LogP contribution in [0.3, 0.4) is 0 Å². The second kappa shape index (κ2) is 8.60. The molecule has 0 aliphatic heterocycles. The predicted octanol–water partition coefficient (Wildman–Crippen LogP) is 1.44. The van der Waals surface area contributed by atoms with E-state index in [9.17, 15) is 24.1 Å². The standard InChI is InChI=1S/C19H25F2N3O3/c1-4-11(22)8-16(23-2)24(3)15-9-12(18(26)19(15)27)17(25)10-5-6-13(20)14(21)7-10/h4-8,12,15,17-19,25-27H,2,9,22H2,1,3H3/b11-4+,16-8+/t12-,15-,17-,18-,19+/m1/s1. The van der Waals surface area contributed by atoms with Gasteiger partial charge in [0.2, 0.25) is 0 Å². The normalized spacial score (nSPS) is 27.5. The molecule has 1 aromatic carbocycles. The van der Waals surface area contributed by atoms with E-state index in [0.29, 0.717) is 11.5 Å². The molecule has 1 fully saturated rings. The summed E-state index contributed by atoms with van der Waals surface area (Å²) in [6.45, 7) is 5.25. The Balaban J connectivity index is 2.24. The van der Waals surface area contributed by atoms with Crippen molar-refractivity contribution in [3.05, 3.63) is 59.1 Å². The van der Waals surface area contributed by atoms with E-state index >= 15 is 0 Å². The van der Waals surface area contributed by atoms with Crippen LogP contribution in [-0.2, 0) is 0 Å². The van der Waals surface area contributed by atoms with E-state index in [2.05, 4.69) is 11.7 Å². The van der Waals surface area contributed by atoms with Crippen molar-refractivity contribution in [3.8, 4) is 0 Å². The van der Waals surface area contributed by atoms with Crippen LogP contribution in [0.5, 0.6) is 0 Å². The van der Waals surface area contributed by atoms with Crippen LogP contribution >= 0.6 is 0 Å². The van der Waals surface area contributed by atoms with Crippen molar-refractivity contribution < 1.29 is 24.1 Å². The quantitative estimate of drug-likeness (QED) is 0.441. The number of benzene rings is 1. The van der Waals surface area contributed by atoms with E-state index in [0.717, 1.165) is 12.1 Å². The van der Waals surface area contributed by atoms with Crippen molar-refractivity contribution in [3.63, 3.8) is 0 Å². The van der Waals surface area contributed by atoms with Gasteiger partial charge in [-0.15, -0.1) is 0 Å². The second-order valence-electron chi connectivity index (χ2n) is 6.63. The Morgan fingerprint density at radius 2 is 2.00 bits per heavy atom. The summed E-state index contributed by atoms with van der Waals surface area (Å²) in [5.41, 5.74) is 6.36. The van der Waals surface area contributed by atoms with E-state index in [4.69, 9.17) is 5.73 Å². The molecule has 6 nitrogen and oxygen atoms in total. The van der Waals surface area contributed by atoms with Gasteiger partial charge in [-0.1, -0.05) is 12.1 Å². The summed E-state index contributed by atoms with van der Waals surface area (Å²) in [4.78, 5) is 5.52. The zero-order valence-electron chi connectivity index (χ0n) is 15.3. The van der Waals surface area contributed by atoms with Crippen molar-refractivity contribution in [1.82, 2.24) is 4.90 Å². The summed E-state index contributed by atoms with van der Waals surface area (Å²) in [5.74, 6) is -2.49. The van der Waals surface area contributed by atoms with Crippen LogP contribution in [0.2, 0.25) is 0 Å². The summed E-state index contributed by atoms with van der Waals surface area (Å²) >= 11 is 0. The van der Waals surface area contributed by atoms with Gasteiger partial charge in [-0.25, -0.2) is 13.8 Å². The van der Waals surface area contributed by atoms with Gasteiger partial charge in [0.15, 0.2) is 11.6 Å². The number of rotatable bonds is 6. The van der Waals surface area contributed by atoms with Gasteiger partial charge in [0.05, 0.1) is 18.2 Å². The molecule has 27 heavy (non-hydrogen) atoms. The van der Waals surface area contributed by atoms with Crippen LogP contribution in [0.15, 0.2) is 46.9 Å². The van der Waals surface area contributed by atoms with Crippen molar-refractivity contribution in [2.24, 2.45) is 16.6 Å². The first kappa shape index (κ1) is 21.0. The summed E-state index contributed by atoms with van der Waals surface area (Å²) in [6, 6.07) is 2.48. The first-order valence-corrected chi connectivity index (χ1v) is 8.53. The number of aliphatic hydroxyl groups is 3. The maximum Gasteiger partial charge on any atom is 0.159 e. The maximum atomic E-state index is 13.5. The number of aliphatic hydroxyl groups excluding tert-OH is 3. The molecule has 0 unspecified atom stereocenters. The summed E-state index contributed by atoms with van der Waals surface area (Å²) in [7, 11) is 1.66. The summed E-state index contributed by atoms with van der Waals surface area (Å²) in [5, 5.41) is 31.4. The minimum Gasteiger partial charge on any atom is -0.399 e. The summed E-state index contributed by atoms with van der Waals surface area (Å²) in [6.07, 6.45) is -0.267. The topological polar surface area (TPSA) is 102 Å². The molecule has 5 N–H and O–H groups in total. The highest BCUT2D eigenvalue weighted by Crippen LogP contribution is 2.39. The number of hydrogen-bond donors (Lipinski definition) is 4. The van der Waals surface area contributed by atoms with Crippen LogP contribution in [0, 0.1) is 17.6 Å².